The first kappa shape index (κ1) is 13.2. The van der Waals surface area contributed by atoms with Crippen LogP contribution in [0.25, 0.3) is 0 Å². The molecule has 5 heteroatoms. The van der Waals surface area contributed by atoms with Crippen molar-refractivity contribution in [2.45, 2.75) is 4.90 Å². The number of hydrogen-bond donors (Lipinski definition) is 0. The first-order valence-electron chi connectivity index (χ1n) is 5.10. The Kier molecular flexibility index (Phi) is 4.46. The largest absolute Gasteiger partial charge is 0.308 e. The third-order valence-electron chi connectivity index (χ3n) is 2.31. The summed E-state index contributed by atoms with van der Waals surface area (Å²) in [5, 5.41) is 0. The Labute approximate surface area is 97.5 Å². The van der Waals surface area contributed by atoms with Gasteiger partial charge in [-0.3, -0.25) is 0 Å². The van der Waals surface area contributed by atoms with Gasteiger partial charge in [0.2, 0.25) is 10.0 Å². The van der Waals surface area contributed by atoms with Crippen LogP contribution in [0, 0.1) is 0 Å². The lowest BCUT2D eigenvalue weighted by molar-refractivity contribution is 0.358. The van der Waals surface area contributed by atoms with Gasteiger partial charge in [0.1, 0.15) is 0 Å². The molecule has 0 unspecified atom stereocenters. The standard InChI is InChI=1S/C11H18N2O2S/c1-12(2)9-10-13(3)16(14,15)11-7-5-4-6-8-11/h4-8H,9-10H2,1-3H3. The summed E-state index contributed by atoms with van der Waals surface area (Å²) < 4.78 is 25.5. The Bertz CT molecular complexity index is 415. The summed E-state index contributed by atoms with van der Waals surface area (Å²) in [6.07, 6.45) is 0. The average molecular weight is 242 g/mol. The summed E-state index contributed by atoms with van der Waals surface area (Å²) in [6, 6.07) is 8.49. The van der Waals surface area contributed by atoms with Gasteiger partial charge >= 0.3 is 0 Å². The number of hydrogen-bond acceptors (Lipinski definition) is 3. The molecule has 90 valence electrons. The molecular formula is C11H18N2O2S. The van der Waals surface area contributed by atoms with Crippen LogP contribution in [0.1, 0.15) is 0 Å². The fraction of sp³-hybridized carbons (Fsp3) is 0.455. The van der Waals surface area contributed by atoms with Crippen molar-refractivity contribution in [1.82, 2.24) is 9.21 Å². The smallest absolute Gasteiger partial charge is 0.242 e. The first-order valence-corrected chi connectivity index (χ1v) is 6.54. The molecule has 16 heavy (non-hydrogen) atoms. The number of likely N-dealkylation sites (N-methyl/N-ethyl adjacent to an activating group) is 2. The van der Waals surface area contributed by atoms with Crippen LogP contribution < -0.4 is 0 Å². The zero-order valence-corrected chi connectivity index (χ0v) is 10.7. The van der Waals surface area contributed by atoms with Gasteiger partial charge in [-0.05, 0) is 26.2 Å². The molecule has 4 nitrogen and oxygen atoms in total. The Morgan fingerprint density at radius 3 is 2.06 bits per heavy atom. The minimum absolute atomic E-state index is 0.344. The van der Waals surface area contributed by atoms with Gasteiger partial charge in [0.25, 0.3) is 0 Å². The molecule has 0 radical (unpaired) electrons. The predicted molar refractivity (Wildman–Crippen MR) is 64.8 cm³/mol. The van der Waals surface area contributed by atoms with Crippen molar-refractivity contribution in [2.75, 3.05) is 34.2 Å². The lowest BCUT2D eigenvalue weighted by atomic mass is 10.4. The van der Waals surface area contributed by atoms with Crippen LogP contribution in [-0.2, 0) is 10.0 Å². The second-order valence-corrected chi connectivity index (χ2v) is 5.99. The van der Waals surface area contributed by atoms with Gasteiger partial charge in [-0.15, -0.1) is 0 Å². The predicted octanol–water partition coefficient (Wildman–Crippen LogP) is 0.869. The molecular weight excluding hydrogens is 224 g/mol. The number of sulfonamides is 1. The van der Waals surface area contributed by atoms with Crippen LogP contribution in [0.5, 0.6) is 0 Å². The van der Waals surface area contributed by atoms with E-state index < -0.39 is 10.0 Å². The highest BCUT2D eigenvalue weighted by Crippen LogP contribution is 2.12. The van der Waals surface area contributed by atoms with E-state index in [0.29, 0.717) is 18.0 Å². The van der Waals surface area contributed by atoms with E-state index in [2.05, 4.69) is 0 Å². The van der Waals surface area contributed by atoms with Crippen LogP contribution in [0.2, 0.25) is 0 Å². The van der Waals surface area contributed by atoms with E-state index in [-0.39, 0.29) is 0 Å². The molecule has 0 aliphatic heterocycles. The van der Waals surface area contributed by atoms with Gasteiger partial charge in [-0.25, -0.2) is 8.42 Å². The molecule has 0 fully saturated rings. The SMILES string of the molecule is CN(C)CCN(C)S(=O)(=O)c1ccccc1. The number of nitrogens with zero attached hydrogens (tertiary/aromatic N) is 2. The molecule has 0 aliphatic rings. The minimum atomic E-state index is -3.33. The van der Waals surface area contributed by atoms with E-state index in [1.807, 2.05) is 19.0 Å². The zero-order chi connectivity index (χ0) is 12.2. The lowest BCUT2D eigenvalue weighted by Gasteiger charge is -2.19. The van der Waals surface area contributed by atoms with Crippen molar-refractivity contribution in [2.24, 2.45) is 0 Å². The number of benzene rings is 1. The minimum Gasteiger partial charge on any atom is -0.308 e. The van der Waals surface area contributed by atoms with E-state index in [9.17, 15) is 8.42 Å². The van der Waals surface area contributed by atoms with Gasteiger partial charge in [0.15, 0.2) is 0 Å². The Balaban J connectivity index is 2.79. The first-order chi connectivity index (χ1) is 7.44. The van der Waals surface area contributed by atoms with Gasteiger partial charge in [-0.2, -0.15) is 4.31 Å². The summed E-state index contributed by atoms with van der Waals surface area (Å²) in [7, 11) is 2.11. The van der Waals surface area contributed by atoms with Gasteiger partial charge in [0, 0.05) is 20.1 Å². The fourth-order valence-electron chi connectivity index (χ4n) is 1.23. The molecule has 1 rings (SSSR count). The molecule has 0 aromatic heterocycles. The van der Waals surface area contributed by atoms with Crippen molar-refractivity contribution in [1.29, 1.82) is 0 Å². The maximum Gasteiger partial charge on any atom is 0.242 e. The van der Waals surface area contributed by atoms with Crippen LogP contribution >= 0.6 is 0 Å². The Morgan fingerprint density at radius 2 is 1.56 bits per heavy atom. The van der Waals surface area contributed by atoms with Crippen LogP contribution in [0.3, 0.4) is 0 Å². The third-order valence-corrected chi connectivity index (χ3v) is 4.18. The lowest BCUT2D eigenvalue weighted by Crippen LogP contribution is -2.33. The molecule has 1 aromatic rings. The number of rotatable bonds is 5. The topological polar surface area (TPSA) is 40.6 Å². The van der Waals surface area contributed by atoms with Gasteiger partial charge < -0.3 is 4.90 Å². The van der Waals surface area contributed by atoms with Gasteiger partial charge in [-0.1, -0.05) is 18.2 Å². The van der Waals surface area contributed by atoms with E-state index in [4.69, 9.17) is 0 Å². The molecule has 0 atom stereocenters. The van der Waals surface area contributed by atoms with Crippen molar-refractivity contribution in [3.05, 3.63) is 30.3 Å². The Morgan fingerprint density at radius 1 is 1.00 bits per heavy atom. The molecule has 0 aliphatic carbocycles. The normalized spacial score (nSPS) is 12.3. The summed E-state index contributed by atoms with van der Waals surface area (Å²) in [6.45, 7) is 1.20. The fourth-order valence-corrected chi connectivity index (χ4v) is 2.42. The Hall–Kier alpha value is -0.910. The highest BCUT2D eigenvalue weighted by Gasteiger charge is 2.19. The molecule has 0 saturated carbocycles. The van der Waals surface area contributed by atoms with E-state index in [0.717, 1.165) is 0 Å². The molecule has 0 bridgehead atoms. The van der Waals surface area contributed by atoms with E-state index >= 15 is 0 Å². The maximum absolute atomic E-state index is 12.1. The molecule has 0 N–H and O–H groups in total. The van der Waals surface area contributed by atoms with E-state index in [1.54, 1.807) is 37.4 Å². The second-order valence-electron chi connectivity index (χ2n) is 3.94. The maximum atomic E-state index is 12.1. The molecule has 0 amide bonds. The van der Waals surface area contributed by atoms with Crippen molar-refractivity contribution in [3.8, 4) is 0 Å². The van der Waals surface area contributed by atoms with Gasteiger partial charge in [0.05, 0.1) is 4.90 Å². The summed E-state index contributed by atoms with van der Waals surface area (Å²) >= 11 is 0. The second kappa shape index (κ2) is 5.43. The van der Waals surface area contributed by atoms with E-state index in [1.165, 1.54) is 4.31 Å². The highest BCUT2D eigenvalue weighted by atomic mass is 32.2. The average Bonchev–Trinajstić information content (AvgIpc) is 2.27. The van der Waals surface area contributed by atoms with Crippen molar-refractivity contribution < 1.29 is 8.42 Å². The third kappa shape index (κ3) is 3.30. The summed E-state index contributed by atoms with van der Waals surface area (Å²) in [5.74, 6) is 0. The summed E-state index contributed by atoms with van der Waals surface area (Å²) in [5.41, 5.74) is 0. The molecule has 0 heterocycles. The van der Waals surface area contributed by atoms with Crippen LogP contribution in [0.15, 0.2) is 35.2 Å². The van der Waals surface area contributed by atoms with Crippen molar-refractivity contribution in [3.63, 3.8) is 0 Å². The van der Waals surface area contributed by atoms with Crippen LogP contribution in [-0.4, -0.2) is 51.9 Å². The van der Waals surface area contributed by atoms with Crippen molar-refractivity contribution >= 4 is 10.0 Å². The molecule has 0 saturated heterocycles. The molecule has 1 aromatic carbocycles. The van der Waals surface area contributed by atoms with Crippen LogP contribution in [0.4, 0.5) is 0 Å². The molecule has 0 spiro atoms. The summed E-state index contributed by atoms with van der Waals surface area (Å²) in [4.78, 5) is 2.30. The quantitative estimate of drug-likeness (QED) is 0.769. The zero-order valence-electron chi connectivity index (χ0n) is 9.92. The highest BCUT2D eigenvalue weighted by molar-refractivity contribution is 7.89. The monoisotopic (exact) mass is 242 g/mol.